The number of benzene rings is 1. The first-order valence-electron chi connectivity index (χ1n) is 19.5. The van der Waals surface area contributed by atoms with E-state index in [0.29, 0.717) is 17.3 Å². The van der Waals surface area contributed by atoms with Gasteiger partial charge in [-0.15, -0.1) is 0 Å². The molecular weight excluding hydrogens is 609 g/mol. The Bertz CT molecular complexity index is 1670. The van der Waals surface area contributed by atoms with Gasteiger partial charge in [0.25, 0.3) is 0 Å². The molecule has 1 aromatic heterocycles. The molecule has 1 aliphatic heterocycles. The molecule has 1 fully saturated rings. The van der Waals surface area contributed by atoms with Crippen molar-refractivity contribution in [3.8, 4) is 0 Å². The molecule has 0 amide bonds. The highest BCUT2D eigenvalue weighted by Gasteiger charge is 2.59. The molecule has 2 aromatic rings. The molecule has 0 spiro atoms. The van der Waals surface area contributed by atoms with Gasteiger partial charge in [-0.05, 0) is 123 Å². The Morgan fingerprint density at radius 2 is 1.92 bits per heavy atom. The number of anilines is 1. The first-order valence-corrected chi connectivity index (χ1v) is 19.5. The van der Waals surface area contributed by atoms with Crippen molar-refractivity contribution in [2.24, 2.45) is 33.4 Å². The molecule has 50 heavy (non-hydrogen) atoms. The number of allylic oxidation sites excluding steroid dienone is 6. The van der Waals surface area contributed by atoms with E-state index in [1.54, 1.807) is 11.8 Å². The minimum absolute atomic E-state index is 0.183. The number of unbranched alkanes of at least 4 members (excludes halogenated alkanes) is 2. The number of rotatable bonds is 16. The number of nitrogens with zero attached hydrogens (tertiary/aromatic N) is 3. The van der Waals surface area contributed by atoms with Gasteiger partial charge >= 0.3 is 0 Å². The summed E-state index contributed by atoms with van der Waals surface area (Å²) in [5, 5.41) is 0. The topological polar surface area (TPSA) is 54.5 Å². The van der Waals surface area contributed by atoms with Crippen LogP contribution in [0.5, 0.6) is 0 Å². The van der Waals surface area contributed by atoms with Crippen molar-refractivity contribution >= 4 is 28.8 Å². The highest BCUT2D eigenvalue weighted by atomic mass is 15.2. The Kier molecular flexibility index (Phi) is 12.5. The number of nitrogens with two attached hydrogens (primary N) is 1. The summed E-state index contributed by atoms with van der Waals surface area (Å²) in [6.45, 7) is 22.8. The Morgan fingerprint density at radius 3 is 2.64 bits per heavy atom. The molecule has 0 bridgehead atoms. The van der Waals surface area contributed by atoms with Gasteiger partial charge in [0.1, 0.15) is 5.82 Å². The molecule has 3 atom stereocenters. The Morgan fingerprint density at radius 1 is 1.12 bits per heavy atom. The Labute approximate surface area is 304 Å². The normalized spacial score (nSPS) is 23.8. The number of aliphatic imine (C=N–C) groups is 1. The van der Waals surface area contributed by atoms with Crippen LogP contribution in [-0.4, -0.2) is 23.8 Å². The number of fused-ring (bicyclic) bond motifs is 2. The third kappa shape index (κ3) is 8.27. The number of hydrogen-bond donors (Lipinski definition) is 1. The van der Waals surface area contributed by atoms with Crippen LogP contribution >= 0.6 is 0 Å². The molecule has 0 radical (unpaired) electrons. The first-order chi connectivity index (χ1) is 24.0. The lowest BCUT2D eigenvalue weighted by molar-refractivity contribution is 0.0639. The molecule has 2 heterocycles. The maximum atomic E-state index is 6.41. The highest BCUT2D eigenvalue weighted by molar-refractivity contribution is 6.23. The minimum Gasteiger partial charge on any atom is -0.404 e. The lowest BCUT2D eigenvalue weighted by Crippen LogP contribution is -2.48. The van der Waals surface area contributed by atoms with Gasteiger partial charge in [-0.25, -0.2) is 4.98 Å². The van der Waals surface area contributed by atoms with Gasteiger partial charge in [-0.3, -0.25) is 4.99 Å². The maximum Gasteiger partial charge on any atom is 0.129 e. The van der Waals surface area contributed by atoms with Gasteiger partial charge in [0, 0.05) is 48.1 Å². The maximum absolute atomic E-state index is 6.41. The average molecular weight is 673 g/mol. The molecule has 1 saturated carbocycles. The molecule has 268 valence electrons. The van der Waals surface area contributed by atoms with Crippen molar-refractivity contribution in [3.63, 3.8) is 0 Å². The van der Waals surface area contributed by atoms with E-state index in [0.717, 1.165) is 66.4 Å². The van der Waals surface area contributed by atoms with Crippen LogP contribution in [0, 0.1) is 22.7 Å². The van der Waals surface area contributed by atoms with Gasteiger partial charge in [0.2, 0.25) is 0 Å². The van der Waals surface area contributed by atoms with Gasteiger partial charge in [-0.2, -0.15) is 0 Å². The van der Waals surface area contributed by atoms with Gasteiger partial charge in [0.05, 0.1) is 5.69 Å². The zero-order chi connectivity index (χ0) is 35.9. The molecule has 0 saturated heterocycles. The number of hydrogen-bond acceptors (Lipinski definition) is 4. The average Bonchev–Trinajstić information content (AvgIpc) is 3.41. The molecule has 2 N–H and O–H groups in total. The fourth-order valence-corrected chi connectivity index (χ4v) is 9.33. The quantitative estimate of drug-likeness (QED) is 0.110. The lowest BCUT2D eigenvalue weighted by atomic mass is 9.48. The standard InChI is InChI=1S/C46H64N4/c1-9-11-13-14-15-16-18-36-26-42-45(8,27-33(3)4)31-46(42,28-36)32-48-35(7)40(29-47)39-22-23-43(49-44(39)34(5)6)50-25-24-38-21-17-20-37(19-12-10-2)41(38)30-50/h12-14,17,19-23,26,29,33,36H,5,9-11,15-16,18,24-25,27-28,30-32,47H2,1-4,6-8H3/b14-13-,19-12-,40-29?,48-35?. The van der Waals surface area contributed by atoms with E-state index in [1.165, 1.54) is 68.1 Å². The van der Waals surface area contributed by atoms with Crippen LogP contribution in [0.1, 0.15) is 134 Å². The molecule has 3 unspecified atom stereocenters. The van der Waals surface area contributed by atoms with E-state index in [4.69, 9.17) is 15.7 Å². The van der Waals surface area contributed by atoms with Crippen molar-refractivity contribution in [1.29, 1.82) is 0 Å². The fraction of sp³-hybridized carbons (Fsp3) is 0.522. The summed E-state index contributed by atoms with van der Waals surface area (Å²) in [4.78, 5) is 13.0. The van der Waals surface area contributed by atoms with E-state index in [-0.39, 0.29) is 5.41 Å². The summed E-state index contributed by atoms with van der Waals surface area (Å²) < 4.78 is 0. The van der Waals surface area contributed by atoms with Gasteiger partial charge in [0.15, 0.2) is 0 Å². The second-order valence-electron chi connectivity index (χ2n) is 16.1. The number of aromatic nitrogens is 1. The van der Waals surface area contributed by atoms with E-state index in [1.807, 2.05) is 6.92 Å². The Balaban J connectivity index is 1.34. The van der Waals surface area contributed by atoms with E-state index in [9.17, 15) is 0 Å². The van der Waals surface area contributed by atoms with Crippen molar-refractivity contribution in [3.05, 3.63) is 101 Å². The third-order valence-corrected chi connectivity index (χ3v) is 11.3. The second-order valence-corrected chi connectivity index (χ2v) is 16.1. The van der Waals surface area contributed by atoms with Crippen LogP contribution < -0.4 is 10.6 Å². The summed E-state index contributed by atoms with van der Waals surface area (Å²) in [5.41, 5.74) is 17.5. The van der Waals surface area contributed by atoms with E-state index in [2.05, 4.69) is 114 Å². The van der Waals surface area contributed by atoms with Crippen LogP contribution in [0.25, 0.3) is 17.2 Å². The highest BCUT2D eigenvalue weighted by Crippen LogP contribution is 2.68. The smallest absolute Gasteiger partial charge is 0.129 e. The van der Waals surface area contributed by atoms with Crippen LogP contribution in [-0.2, 0) is 13.0 Å². The monoisotopic (exact) mass is 673 g/mol. The number of pyridine rings is 1. The van der Waals surface area contributed by atoms with E-state index >= 15 is 0 Å². The van der Waals surface area contributed by atoms with Crippen molar-refractivity contribution in [1.82, 2.24) is 4.98 Å². The van der Waals surface area contributed by atoms with Gasteiger partial charge in [-0.1, -0.05) is 102 Å². The molecule has 5 rings (SSSR count). The summed E-state index contributed by atoms with van der Waals surface area (Å²) in [7, 11) is 0. The van der Waals surface area contributed by atoms with Crippen molar-refractivity contribution in [2.75, 3.05) is 18.0 Å². The summed E-state index contributed by atoms with van der Waals surface area (Å²) in [6, 6.07) is 11.0. The van der Waals surface area contributed by atoms with Crippen molar-refractivity contribution in [2.45, 2.75) is 119 Å². The Hall–Kier alpha value is -3.66. The second kappa shape index (κ2) is 16.6. The molecular formula is C46H64N4. The first kappa shape index (κ1) is 37.6. The summed E-state index contributed by atoms with van der Waals surface area (Å²) in [6.07, 6.45) is 25.6. The lowest BCUT2D eigenvalue weighted by Gasteiger charge is -2.56. The molecule has 2 aliphatic carbocycles. The largest absolute Gasteiger partial charge is 0.404 e. The van der Waals surface area contributed by atoms with Crippen molar-refractivity contribution < 1.29 is 0 Å². The predicted octanol–water partition coefficient (Wildman–Crippen LogP) is 11.8. The molecule has 4 nitrogen and oxygen atoms in total. The van der Waals surface area contributed by atoms with Crippen LogP contribution in [0.2, 0.25) is 0 Å². The summed E-state index contributed by atoms with van der Waals surface area (Å²) >= 11 is 0. The van der Waals surface area contributed by atoms with Gasteiger partial charge < -0.3 is 10.6 Å². The fourth-order valence-electron chi connectivity index (χ4n) is 9.33. The SMILES string of the molecule is C=C(C)c1nc(N2CCc3cccc(/C=C\CC)c3C2)ccc1C(=CN)C(C)=NCC12CC(CCC/C=C\CCC)C=C1C(C)(CC(C)C)C2. The summed E-state index contributed by atoms with van der Waals surface area (Å²) in [5.74, 6) is 2.34. The predicted molar refractivity (Wildman–Crippen MR) is 218 cm³/mol. The third-order valence-electron chi connectivity index (χ3n) is 11.3. The molecule has 3 aliphatic rings. The minimum atomic E-state index is 0.183. The zero-order valence-corrected chi connectivity index (χ0v) is 32.3. The van der Waals surface area contributed by atoms with E-state index < -0.39 is 0 Å². The molecule has 1 aromatic carbocycles. The van der Waals surface area contributed by atoms with Crippen LogP contribution in [0.4, 0.5) is 5.82 Å². The molecule has 4 heteroatoms. The van der Waals surface area contributed by atoms with Crippen LogP contribution in [0.15, 0.2) is 78.0 Å². The van der Waals surface area contributed by atoms with Crippen LogP contribution in [0.3, 0.4) is 0 Å². The zero-order valence-electron chi connectivity index (χ0n) is 32.3.